The highest BCUT2D eigenvalue weighted by atomic mass is 19.1. The van der Waals surface area contributed by atoms with E-state index in [1.54, 1.807) is 0 Å². The monoisotopic (exact) mass is 301 g/mol. The van der Waals surface area contributed by atoms with Crippen molar-refractivity contribution in [2.24, 2.45) is 0 Å². The third-order valence-electron chi connectivity index (χ3n) is 3.13. The number of hydrogen-bond acceptors (Lipinski definition) is 3. The van der Waals surface area contributed by atoms with Crippen molar-refractivity contribution >= 4 is 11.9 Å². The summed E-state index contributed by atoms with van der Waals surface area (Å²) < 4.78 is 18.1. The zero-order chi connectivity index (χ0) is 15.9. The number of aryl methyl sites for hydroxylation is 1. The minimum atomic E-state index is -0.548. The van der Waals surface area contributed by atoms with E-state index in [1.807, 2.05) is 31.2 Å². The number of rotatable bonds is 5. The molecule has 1 amide bonds. The summed E-state index contributed by atoms with van der Waals surface area (Å²) in [5, 5.41) is 2.40. The van der Waals surface area contributed by atoms with Crippen LogP contribution in [0, 0.1) is 12.7 Å². The summed E-state index contributed by atoms with van der Waals surface area (Å²) in [6.45, 7) is 1.82. The van der Waals surface area contributed by atoms with Crippen molar-refractivity contribution in [1.29, 1.82) is 0 Å². The van der Waals surface area contributed by atoms with Crippen molar-refractivity contribution in [3.05, 3.63) is 71.0 Å². The molecule has 22 heavy (non-hydrogen) atoms. The lowest BCUT2D eigenvalue weighted by molar-refractivity contribution is -0.143. The molecule has 5 heteroatoms. The first-order valence-corrected chi connectivity index (χ1v) is 6.80. The first kappa shape index (κ1) is 15.7. The first-order valence-electron chi connectivity index (χ1n) is 6.80. The number of benzene rings is 2. The number of carbonyl (C=O) groups is 2. The summed E-state index contributed by atoms with van der Waals surface area (Å²) in [5.41, 5.74) is 2.10. The number of halogens is 1. The molecular formula is C17H16FNO3. The standard InChI is InChI=1S/C17H16FNO3/c1-12-5-2-3-6-14(12)11-22-16(20)10-19-17(21)13-7-4-8-15(18)9-13/h2-9H,10-11H2,1H3,(H,19,21). The average molecular weight is 301 g/mol. The molecule has 0 atom stereocenters. The van der Waals surface area contributed by atoms with Crippen LogP contribution in [0.15, 0.2) is 48.5 Å². The second-order valence-electron chi connectivity index (χ2n) is 4.78. The molecule has 0 saturated heterocycles. The molecule has 0 aliphatic carbocycles. The van der Waals surface area contributed by atoms with Gasteiger partial charge in [0.15, 0.2) is 0 Å². The number of carbonyl (C=O) groups excluding carboxylic acids is 2. The van der Waals surface area contributed by atoms with Gasteiger partial charge in [0.05, 0.1) is 0 Å². The number of amides is 1. The van der Waals surface area contributed by atoms with Gasteiger partial charge in [-0.1, -0.05) is 30.3 Å². The van der Waals surface area contributed by atoms with Crippen molar-refractivity contribution in [1.82, 2.24) is 5.32 Å². The lowest BCUT2D eigenvalue weighted by Crippen LogP contribution is -2.30. The molecule has 0 aliphatic rings. The zero-order valence-corrected chi connectivity index (χ0v) is 12.1. The number of esters is 1. The fraction of sp³-hybridized carbons (Fsp3) is 0.176. The molecule has 1 N–H and O–H groups in total. The molecule has 2 rings (SSSR count). The maximum atomic E-state index is 13.0. The lowest BCUT2D eigenvalue weighted by atomic mass is 10.1. The second kappa shape index (κ2) is 7.36. The Bertz CT molecular complexity index is 685. The fourth-order valence-corrected chi connectivity index (χ4v) is 1.87. The van der Waals surface area contributed by atoms with Crippen molar-refractivity contribution < 1.29 is 18.7 Å². The Balaban J connectivity index is 1.81. The maximum Gasteiger partial charge on any atom is 0.325 e. The van der Waals surface area contributed by atoms with Crippen LogP contribution in [-0.2, 0) is 16.1 Å². The Kier molecular flexibility index (Phi) is 5.25. The SMILES string of the molecule is Cc1ccccc1COC(=O)CNC(=O)c1cccc(F)c1. The van der Waals surface area contributed by atoms with E-state index in [-0.39, 0.29) is 18.7 Å². The zero-order valence-electron chi connectivity index (χ0n) is 12.1. The molecule has 2 aromatic rings. The predicted octanol–water partition coefficient (Wildman–Crippen LogP) is 2.61. The topological polar surface area (TPSA) is 55.4 Å². The second-order valence-corrected chi connectivity index (χ2v) is 4.78. The first-order chi connectivity index (χ1) is 10.6. The summed E-state index contributed by atoms with van der Waals surface area (Å²) in [5.74, 6) is -1.57. The Hall–Kier alpha value is -2.69. The molecule has 0 spiro atoms. The van der Waals surface area contributed by atoms with E-state index >= 15 is 0 Å². The van der Waals surface area contributed by atoms with Crippen LogP contribution in [0.5, 0.6) is 0 Å². The van der Waals surface area contributed by atoms with E-state index in [9.17, 15) is 14.0 Å². The Labute approximate surface area is 127 Å². The van der Waals surface area contributed by atoms with Crippen LogP contribution in [0.25, 0.3) is 0 Å². The highest BCUT2D eigenvalue weighted by Gasteiger charge is 2.10. The van der Waals surface area contributed by atoms with E-state index in [0.29, 0.717) is 0 Å². The van der Waals surface area contributed by atoms with Crippen LogP contribution in [0.3, 0.4) is 0 Å². The summed E-state index contributed by atoms with van der Waals surface area (Å²) in [7, 11) is 0. The molecule has 4 nitrogen and oxygen atoms in total. The average Bonchev–Trinajstić information content (AvgIpc) is 2.52. The van der Waals surface area contributed by atoms with E-state index in [4.69, 9.17) is 4.74 Å². The van der Waals surface area contributed by atoms with Gasteiger partial charge in [0.1, 0.15) is 19.0 Å². The van der Waals surface area contributed by atoms with Crippen molar-refractivity contribution in [3.63, 3.8) is 0 Å². The van der Waals surface area contributed by atoms with Crippen LogP contribution in [0.1, 0.15) is 21.5 Å². The quantitative estimate of drug-likeness (QED) is 0.864. The van der Waals surface area contributed by atoms with Gasteiger partial charge in [0.2, 0.25) is 0 Å². The van der Waals surface area contributed by atoms with Gasteiger partial charge in [-0.2, -0.15) is 0 Å². The summed E-state index contributed by atoms with van der Waals surface area (Å²) in [4.78, 5) is 23.4. The van der Waals surface area contributed by atoms with Gasteiger partial charge in [-0.25, -0.2) is 4.39 Å². The van der Waals surface area contributed by atoms with Crippen LogP contribution in [0.2, 0.25) is 0 Å². The van der Waals surface area contributed by atoms with Crippen LogP contribution >= 0.6 is 0 Å². The highest BCUT2D eigenvalue weighted by Crippen LogP contribution is 2.08. The number of hydrogen-bond donors (Lipinski definition) is 1. The largest absolute Gasteiger partial charge is 0.459 e. The Morgan fingerprint density at radius 1 is 1.14 bits per heavy atom. The third-order valence-corrected chi connectivity index (χ3v) is 3.13. The summed E-state index contributed by atoms with van der Waals surface area (Å²) in [6.07, 6.45) is 0. The molecule has 0 saturated carbocycles. The molecule has 0 unspecified atom stereocenters. The van der Waals surface area contributed by atoms with Gasteiger partial charge in [-0.3, -0.25) is 9.59 Å². The highest BCUT2D eigenvalue weighted by molar-refractivity contribution is 5.95. The van der Waals surface area contributed by atoms with Gasteiger partial charge in [-0.15, -0.1) is 0 Å². The van der Waals surface area contributed by atoms with Crippen LogP contribution in [0.4, 0.5) is 4.39 Å². The van der Waals surface area contributed by atoms with E-state index in [1.165, 1.54) is 18.2 Å². The summed E-state index contributed by atoms with van der Waals surface area (Å²) in [6, 6.07) is 12.8. The van der Waals surface area contributed by atoms with E-state index in [0.717, 1.165) is 17.2 Å². The molecular weight excluding hydrogens is 285 g/mol. The van der Waals surface area contributed by atoms with Crippen LogP contribution in [-0.4, -0.2) is 18.4 Å². The minimum Gasteiger partial charge on any atom is -0.459 e. The molecule has 0 fully saturated rings. The number of ether oxygens (including phenoxy) is 1. The van der Waals surface area contributed by atoms with Crippen LogP contribution < -0.4 is 5.32 Å². The minimum absolute atomic E-state index is 0.154. The Morgan fingerprint density at radius 3 is 2.64 bits per heavy atom. The molecule has 0 bridgehead atoms. The van der Waals surface area contributed by atoms with Gasteiger partial charge < -0.3 is 10.1 Å². The summed E-state index contributed by atoms with van der Waals surface area (Å²) >= 11 is 0. The van der Waals surface area contributed by atoms with Crippen molar-refractivity contribution in [2.45, 2.75) is 13.5 Å². The van der Waals surface area contributed by atoms with Gasteiger partial charge in [0.25, 0.3) is 5.91 Å². The maximum absolute atomic E-state index is 13.0. The third kappa shape index (κ3) is 4.41. The van der Waals surface area contributed by atoms with Crippen molar-refractivity contribution in [2.75, 3.05) is 6.54 Å². The molecule has 114 valence electrons. The molecule has 0 heterocycles. The van der Waals surface area contributed by atoms with E-state index in [2.05, 4.69) is 5.32 Å². The van der Waals surface area contributed by atoms with Gasteiger partial charge >= 0.3 is 5.97 Å². The lowest BCUT2D eigenvalue weighted by Gasteiger charge is -2.08. The molecule has 0 aliphatic heterocycles. The van der Waals surface area contributed by atoms with E-state index < -0.39 is 17.7 Å². The normalized spacial score (nSPS) is 10.1. The molecule has 2 aromatic carbocycles. The molecule has 0 aromatic heterocycles. The predicted molar refractivity (Wildman–Crippen MR) is 79.7 cm³/mol. The van der Waals surface area contributed by atoms with Gasteiger partial charge in [-0.05, 0) is 36.2 Å². The van der Waals surface area contributed by atoms with Crippen molar-refractivity contribution in [3.8, 4) is 0 Å². The Morgan fingerprint density at radius 2 is 1.91 bits per heavy atom. The smallest absolute Gasteiger partial charge is 0.325 e. The number of nitrogens with one attached hydrogen (secondary N) is 1. The molecule has 0 radical (unpaired) electrons. The fourth-order valence-electron chi connectivity index (χ4n) is 1.87. The van der Waals surface area contributed by atoms with Gasteiger partial charge in [0, 0.05) is 5.56 Å².